The van der Waals surface area contributed by atoms with E-state index in [1.54, 1.807) is 25.6 Å². The van der Waals surface area contributed by atoms with Gasteiger partial charge >= 0.3 is 0 Å². The van der Waals surface area contributed by atoms with E-state index in [0.717, 1.165) is 32.6 Å². The van der Waals surface area contributed by atoms with Crippen LogP contribution in [0.25, 0.3) is 0 Å². The van der Waals surface area contributed by atoms with Crippen LogP contribution in [0.5, 0.6) is 0 Å². The SMILES string of the molecule is Cc1cc(NC(=O)CCN2CCC[C@@H](Cn3cncn3)C2)no1. The Morgan fingerprint density at radius 2 is 2.43 bits per heavy atom. The first kappa shape index (κ1) is 15.7. The van der Waals surface area contributed by atoms with Crippen LogP contribution in [0.1, 0.15) is 25.0 Å². The maximum absolute atomic E-state index is 12.0. The normalized spacial score (nSPS) is 18.9. The summed E-state index contributed by atoms with van der Waals surface area (Å²) in [4.78, 5) is 18.3. The third-order valence-electron chi connectivity index (χ3n) is 4.07. The molecule has 0 aliphatic carbocycles. The Labute approximate surface area is 134 Å². The molecule has 1 aliphatic heterocycles. The molecule has 124 valence electrons. The van der Waals surface area contributed by atoms with E-state index in [1.165, 1.54) is 6.42 Å². The molecule has 1 N–H and O–H groups in total. The lowest BCUT2D eigenvalue weighted by Gasteiger charge is -2.32. The lowest BCUT2D eigenvalue weighted by Crippen LogP contribution is -2.38. The Morgan fingerprint density at radius 3 is 3.17 bits per heavy atom. The van der Waals surface area contributed by atoms with Crippen LogP contribution in [0.15, 0.2) is 23.2 Å². The minimum absolute atomic E-state index is 0.0308. The number of piperidine rings is 1. The molecule has 3 heterocycles. The number of anilines is 1. The molecule has 0 saturated carbocycles. The first-order valence-electron chi connectivity index (χ1n) is 7.97. The van der Waals surface area contributed by atoms with E-state index in [1.807, 2.05) is 4.68 Å². The number of likely N-dealkylation sites (tertiary alicyclic amines) is 1. The summed E-state index contributed by atoms with van der Waals surface area (Å²) in [6.45, 7) is 5.49. The Bertz CT molecular complexity index is 624. The van der Waals surface area contributed by atoms with E-state index in [-0.39, 0.29) is 5.91 Å². The summed E-state index contributed by atoms with van der Waals surface area (Å²) in [6, 6.07) is 1.72. The summed E-state index contributed by atoms with van der Waals surface area (Å²) in [6.07, 6.45) is 6.13. The Morgan fingerprint density at radius 1 is 1.52 bits per heavy atom. The highest BCUT2D eigenvalue weighted by Crippen LogP contribution is 2.18. The highest BCUT2D eigenvalue weighted by Gasteiger charge is 2.21. The van der Waals surface area contributed by atoms with E-state index in [2.05, 4.69) is 25.5 Å². The van der Waals surface area contributed by atoms with Crippen molar-refractivity contribution in [2.24, 2.45) is 5.92 Å². The number of aryl methyl sites for hydroxylation is 1. The van der Waals surface area contributed by atoms with Crippen LogP contribution in [0.4, 0.5) is 5.82 Å². The lowest BCUT2D eigenvalue weighted by atomic mass is 9.98. The van der Waals surface area contributed by atoms with Gasteiger partial charge in [0.15, 0.2) is 5.82 Å². The minimum Gasteiger partial charge on any atom is -0.360 e. The third-order valence-corrected chi connectivity index (χ3v) is 4.07. The molecule has 1 amide bonds. The van der Waals surface area contributed by atoms with Crippen molar-refractivity contribution in [3.63, 3.8) is 0 Å². The molecule has 0 aromatic carbocycles. The molecule has 0 unspecified atom stereocenters. The predicted octanol–water partition coefficient (Wildman–Crippen LogP) is 1.32. The van der Waals surface area contributed by atoms with Crippen LogP contribution in [-0.4, -0.2) is 50.4 Å². The summed E-state index contributed by atoms with van der Waals surface area (Å²) in [5, 5.41) is 10.7. The zero-order valence-electron chi connectivity index (χ0n) is 13.3. The highest BCUT2D eigenvalue weighted by atomic mass is 16.5. The number of rotatable bonds is 6. The summed E-state index contributed by atoms with van der Waals surface area (Å²) in [7, 11) is 0. The van der Waals surface area contributed by atoms with Crippen LogP contribution >= 0.6 is 0 Å². The molecule has 0 spiro atoms. The molecular formula is C15H22N6O2. The van der Waals surface area contributed by atoms with Gasteiger partial charge in [0.25, 0.3) is 0 Å². The average Bonchev–Trinajstić information content (AvgIpc) is 3.18. The predicted molar refractivity (Wildman–Crippen MR) is 83.7 cm³/mol. The van der Waals surface area contributed by atoms with Crippen LogP contribution in [0.2, 0.25) is 0 Å². The number of nitrogens with one attached hydrogen (secondary N) is 1. The van der Waals surface area contributed by atoms with E-state index in [9.17, 15) is 4.79 Å². The van der Waals surface area contributed by atoms with Crippen LogP contribution < -0.4 is 5.32 Å². The average molecular weight is 318 g/mol. The Kier molecular flexibility index (Phi) is 5.02. The minimum atomic E-state index is -0.0308. The number of hydrogen-bond donors (Lipinski definition) is 1. The van der Waals surface area contributed by atoms with Gasteiger partial charge in [-0.15, -0.1) is 0 Å². The van der Waals surface area contributed by atoms with Gasteiger partial charge in [-0.25, -0.2) is 4.98 Å². The van der Waals surface area contributed by atoms with Crippen molar-refractivity contribution < 1.29 is 9.32 Å². The molecule has 8 nitrogen and oxygen atoms in total. The molecule has 1 saturated heterocycles. The fraction of sp³-hybridized carbons (Fsp3) is 0.600. The van der Waals surface area contributed by atoms with E-state index >= 15 is 0 Å². The zero-order chi connectivity index (χ0) is 16.1. The van der Waals surface area contributed by atoms with Crippen LogP contribution in [-0.2, 0) is 11.3 Å². The van der Waals surface area contributed by atoms with Crippen LogP contribution in [0.3, 0.4) is 0 Å². The molecule has 0 bridgehead atoms. The van der Waals surface area contributed by atoms with Gasteiger partial charge in [0.2, 0.25) is 5.91 Å². The van der Waals surface area contributed by atoms with Gasteiger partial charge in [-0.1, -0.05) is 5.16 Å². The summed E-state index contributed by atoms with van der Waals surface area (Å²) in [5.74, 6) is 1.70. The van der Waals surface area contributed by atoms with E-state index < -0.39 is 0 Å². The van der Waals surface area contributed by atoms with Crippen molar-refractivity contribution in [2.75, 3.05) is 25.0 Å². The maximum atomic E-state index is 12.0. The van der Waals surface area contributed by atoms with Crippen molar-refractivity contribution in [3.05, 3.63) is 24.5 Å². The van der Waals surface area contributed by atoms with Gasteiger partial charge in [0.05, 0.1) is 0 Å². The monoisotopic (exact) mass is 318 g/mol. The number of aromatic nitrogens is 4. The standard InChI is InChI=1S/C15H22N6O2/c1-12-7-14(19-23-12)18-15(22)4-6-20-5-2-3-13(8-20)9-21-11-16-10-17-21/h7,10-11,13H,2-6,8-9H2,1H3,(H,18,19,22)/t13-/m1/s1. The van der Waals surface area contributed by atoms with Crippen LogP contribution in [0, 0.1) is 12.8 Å². The Hall–Kier alpha value is -2.22. The lowest BCUT2D eigenvalue weighted by molar-refractivity contribution is -0.116. The number of amides is 1. The van der Waals surface area contributed by atoms with Gasteiger partial charge in [0, 0.05) is 32.1 Å². The van der Waals surface area contributed by atoms with E-state index in [4.69, 9.17) is 4.52 Å². The molecule has 3 rings (SSSR count). The topological polar surface area (TPSA) is 89.1 Å². The molecule has 0 radical (unpaired) electrons. The number of nitrogens with zero attached hydrogens (tertiary/aromatic N) is 5. The molecule has 8 heteroatoms. The van der Waals surface area contributed by atoms with Crippen molar-refractivity contribution >= 4 is 11.7 Å². The van der Waals surface area contributed by atoms with Gasteiger partial charge < -0.3 is 14.7 Å². The molecule has 2 aromatic heterocycles. The second-order valence-corrected chi connectivity index (χ2v) is 6.05. The summed E-state index contributed by atoms with van der Waals surface area (Å²) in [5.41, 5.74) is 0. The number of carbonyl (C=O) groups excluding carboxylic acids is 1. The molecule has 23 heavy (non-hydrogen) atoms. The fourth-order valence-corrected chi connectivity index (χ4v) is 2.99. The van der Waals surface area contributed by atoms with Crippen molar-refractivity contribution in [1.29, 1.82) is 0 Å². The van der Waals surface area contributed by atoms with Gasteiger partial charge in [0.1, 0.15) is 18.4 Å². The van der Waals surface area contributed by atoms with Gasteiger partial charge in [-0.05, 0) is 32.2 Å². The molecule has 1 fully saturated rings. The summed E-state index contributed by atoms with van der Waals surface area (Å²) >= 11 is 0. The summed E-state index contributed by atoms with van der Waals surface area (Å²) < 4.78 is 6.82. The number of hydrogen-bond acceptors (Lipinski definition) is 6. The largest absolute Gasteiger partial charge is 0.360 e. The van der Waals surface area contributed by atoms with Gasteiger partial charge in [-0.2, -0.15) is 5.10 Å². The first-order valence-corrected chi connectivity index (χ1v) is 7.97. The third kappa shape index (κ3) is 4.62. The zero-order valence-corrected chi connectivity index (χ0v) is 13.3. The second-order valence-electron chi connectivity index (χ2n) is 6.05. The van der Waals surface area contributed by atoms with Crippen molar-refractivity contribution in [2.45, 2.75) is 32.7 Å². The molecule has 1 atom stereocenters. The second kappa shape index (κ2) is 7.36. The maximum Gasteiger partial charge on any atom is 0.226 e. The van der Waals surface area contributed by atoms with Crippen molar-refractivity contribution in [3.8, 4) is 0 Å². The molecule has 1 aliphatic rings. The van der Waals surface area contributed by atoms with Crippen molar-refractivity contribution in [1.82, 2.24) is 24.8 Å². The molecular weight excluding hydrogens is 296 g/mol. The highest BCUT2D eigenvalue weighted by molar-refractivity contribution is 5.89. The molecule has 2 aromatic rings. The first-order chi connectivity index (χ1) is 11.2. The Balaban J connectivity index is 1.41. The number of carbonyl (C=O) groups is 1. The van der Waals surface area contributed by atoms with Gasteiger partial charge in [-0.3, -0.25) is 9.48 Å². The smallest absolute Gasteiger partial charge is 0.226 e. The fourth-order valence-electron chi connectivity index (χ4n) is 2.99. The van der Waals surface area contributed by atoms with E-state index in [0.29, 0.717) is 23.9 Å². The quantitative estimate of drug-likeness (QED) is 0.864.